The molecule has 1 amide bonds. The Kier molecular flexibility index (Phi) is 4.95. The molecule has 1 unspecified atom stereocenters. The highest BCUT2D eigenvalue weighted by Crippen LogP contribution is 2.14. The molecule has 0 fully saturated rings. The third-order valence-corrected chi connectivity index (χ3v) is 2.68. The Hall–Kier alpha value is -1.78. The Morgan fingerprint density at radius 3 is 2.56 bits per heavy atom. The summed E-state index contributed by atoms with van der Waals surface area (Å²) in [5, 5.41) is 11.5. The van der Waals surface area contributed by atoms with Crippen LogP contribution in [0.25, 0.3) is 0 Å². The Morgan fingerprint density at radius 2 is 2.11 bits per heavy atom. The molecule has 1 rings (SSSR count). The van der Waals surface area contributed by atoms with Gasteiger partial charge in [-0.1, -0.05) is 13.3 Å². The van der Waals surface area contributed by atoms with Gasteiger partial charge in [-0.2, -0.15) is 0 Å². The van der Waals surface area contributed by atoms with Crippen molar-refractivity contribution >= 4 is 11.9 Å². The zero-order chi connectivity index (χ0) is 13.7. The molecular weight excluding hydrogens is 234 g/mol. The van der Waals surface area contributed by atoms with Gasteiger partial charge in [0.25, 0.3) is 5.91 Å². The fraction of sp³-hybridized carbons (Fsp3) is 0.538. The van der Waals surface area contributed by atoms with E-state index in [0.29, 0.717) is 23.5 Å². The molecule has 0 spiro atoms. The lowest BCUT2D eigenvalue weighted by atomic mass is 10.1. The number of carboxylic acids is 1. The Balaban J connectivity index is 2.71. The fourth-order valence-electron chi connectivity index (χ4n) is 1.90. The number of hydrogen-bond donors (Lipinski definition) is 2. The first-order valence-corrected chi connectivity index (χ1v) is 6.03. The zero-order valence-corrected chi connectivity index (χ0v) is 10.9. The molecule has 5 nitrogen and oxygen atoms in total. The second kappa shape index (κ2) is 6.23. The minimum atomic E-state index is -0.908. The third-order valence-electron chi connectivity index (χ3n) is 2.68. The van der Waals surface area contributed by atoms with Gasteiger partial charge in [0.1, 0.15) is 11.5 Å². The Morgan fingerprint density at radius 1 is 1.44 bits per heavy atom. The van der Waals surface area contributed by atoms with Crippen molar-refractivity contribution in [2.45, 2.75) is 46.1 Å². The van der Waals surface area contributed by atoms with Crippen molar-refractivity contribution in [3.8, 4) is 0 Å². The molecule has 0 radical (unpaired) electrons. The molecule has 1 aromatic rings. The van der Waals surface area contributed by atoms with E-state index in [0.717, 1.165) is 6.42 Å². The first-order valence-electron chi connectivity index (χ1n) is 6.03. The number of carbonyl (C=O) groups excluding carboxylic acids is 1. The molecule has 0 bridgehead atoms. The van der Waals surface area contributed by atoms with Crippen molar-refractivity contribution in [3.05, 3.63) is 23.2 Å². The number of furan rings is 1. The second-order valence-electron chi connectivity index (χ2n) is 4.38. The Labute approximate surface area is 106 Å². The summed E-state index contributed by atoms with van der Waals surface area (Å²) in [5.41, 5.74) is 0.471. The molecule has 1 atom stereocenters. The highest BCUT2D eigenvalue weighted by molar-refractivity contribution is 5.95. The van der Waals surface area contributed by atoms with Crippen molar-refractivity contribution in [1.82, 2.24) is 5.32 Å². The highest BCUT2D eigenvalue weighted by Gasteiger charge is 2.19. The van der Waals surface area contributed by atoms with Crippen molar-refractivity contribution in [2.24, 2.45) is 0 Å². The van der Waals surface area contributed by atoms with Crippen LogP contribution < -0.4 is 5.32 Å². The summed E-state index contributed by atoms with van der Waals surface area (Å²) in [6.07, 6.45) is 1.41. The van der Waals surface area contributed by atoms with Crippen molar-refractivity contribution in [2.75, 3.05) is 0 Å². The summed E-state index contributed by atoms with van der Waals surface area (Å²) in [5.74, 6) is 0.0383. The van der Waals surface area contributed by atoms with Crippen LogP contribution in [-0.4, -0.2) is 23.0 Å². The number of hydrogen-bond acceptors (Lipinski definition) is 3. The van der Waals surface area contributed by atoms with E-state index in [2.05, 4.69) is 5.32 Å². The van der Waals surface area contributed by atoms with E-state index in [1.54, 1.807) is 19.9 Å². The topological polar surface area (TPSA) is 79.5 Å². The monoisotopic (exact) mass is 253 g/mol. The molecule has 5 heteroatoms. The van der Waals surface area contributed by atoms with Gasteiger partial charge in [-0.25, -0.2) is 0 Å². The molecule has 0 aromatic carbocycles. The van der Waals surface area contributed by atoms with Crippen LogP contribution in [0.2, 0.25) is 0 Å². The second-order valence-corrected chi connectivity index (χ2v) is 4.38. The van der Waals surface area contributed by atoms with Gasteiger partial charge in [0.05, 0.1) is 12.0 Å². The predicted octanol–water partition coefficient (Wildman–Crippen LogP) is 2.27. The quantitative estimate of drug-likeness (QED) is 0.815. The molecule has 2 N–H and O–H groups in total. The van der Waals surface area contributed by atoms with Crippen molar-refractivity contribution in [1.29, 1.82) is 0 Å². The Bertz CT molecular complexity index is 436. The van der Waals surface area contributed by atoms with Crippen LogP contribution in [0.5, 0.6) is 0 Å². The minimum absolute atomic E-state index is 0.0601. The summed E-state index contributed by atoms with van der Waals surface area (Å²) in [4.78, 5) is 22.7. The van der Waals surface area contributed by atoms with E-state index in [9.17, 15) is 9.59 Å². The largest absolute Gasteiger partial charge is 0.481 e. The number of amides is 1. The number of aliphatic carboxylic acids is 1. The third kappa shape index (κ3) is 3.91. The van der Waals surface area contributed by atoms with Crippen LogP contribution in [0.15, 0.2) is 10.5 Å². The summed E-state index contributed by atoms with van der Waals surface area (Å²) in [7, 11) is 0. The molecule has 1 heterocycles. The number of carbonyl (C=O) groups is 2. The maximum absolute atomic E-state index is 12.0. The summed E-state index contributed by atoms with van der Waals surface area (Å²) >= 11 is 0. The molecule has 0 aliphatic rings. The SMILES string of the molecule is CCCC(CC(=O)O)NC(=O)c1cc(C)oc1C. The number of nitrogens with one attached hydrogen (secondary N) is 1. The fourth-order valence-corrected chi connectivity index (χ4v) is 1.90. The first-order chi connectivity index (χ1) is 8.43. The molecule has 18 heavy (non-hydrogen) atoms. The van der Waals surface area contributed by atoms with E-state index in [4.69, 9.17) is 9.52 Å². The van der Waals surface area contributed by atoms with Gasteiger partial charge >= 0.3 is 5.97 Å². The van der Waals surface area contributed by atoms with Crippen LogP contribution in [0.1, 0.15) is 48.1 Å². The van der Waals surface area contributed by atoms with Crippen molar-refractivity contribution < 1.29 is 19.1 Å². The summed E-state index contributed by atoms with van der Waals surface area (Å²) in [6, 6.07) is 1.32. The van der Waals surface area contributed by atoms with Gasteiger partial charge in [-0.3, -0.25) is 9.59 Å². The van der Waals surface area contributed by atoms with Crippen LogP contribution >= 0.6 is 0 Å². The molecule has 0 saturated heterocycles. The van der Waals surface area contributed by atoms with Gasteiger partial charge in [-0.05, 0) is 26.3 Å². The van der Waals surface area contributed by atoms with Crippen LogP contribution in [-0.2, 0) is 4.79 Å². The van der Waals surface area contributed by atoms with E-state index >= 15 is 0 Å². The van der Waals surface area contributed by atoms with Gasteiger partial charge in [0, 0.05) is 6.04 Å². The molecule has 0 saturated carbocycles. The minimum Gasteiger partial charge on any atom is -0.481 e. The standard InChI is InChI=1S/C13H19NO4/c1-4-5-10(7-12(15)16)14-13(17)11-6-8(2)18-9(11)3/h6,10H,4-5,7H2,1-3H3,(H,14,17)(H,15,16). The highest BCUT2D eigenvalue weighted by atomic mass is 16.4. The molecule has 1 aromatic heterocycles. The predicted molar refractivity (Wildman–Crippen MR) is 66.6 cm³/mol. The summed E-state index contributed by atoms with van der Waals surface area (Å²) < 4.78 is 5.28. The van der Waals surface area contributed by atoms with Gasteiger partial charge < -0.3 is 14.8 Å². The lowest BCUT2D eigenvalue weighted by Gasteiger charge is -2.15. The van der Waals surface area contributed by atoms with E-state index in [-0.39, 0.29) is 18.4 Å². The number of rotatable bonds is 6. The molecule has 0 aliphatic heterocycles. The number of aryl methyl sites for hydroxylation is 2. The van der Waals surface area contributed by atoms with E-state index < -0.39 is 5.97 Å². The normalized spacial score (nSPS) is 12.2. The van der Waals surface area contributed by atoms with Crippen molar-refractivity contribution in [3.63, 3.8) is 0 Å². The lowest BCUT2D eigenvalue weighted by molar-refractivity contribution is -0.137. The van der Waals surface area contributed by atoms with Gasteiger partial charge in [0.15, 0.2) is 0 Å². The van der Waals surface area contributed by atoms with E-state index in [1.807, 2.05) is 6.92 Å². The maximum atomic E-state index is 12.0. The van der Waals surface area contributed by atoms with Crippen LogP contribution in [0.4, 0.5) is 0 Å². The molecule has 100 valence electrons. The first kappa shape index (κ1) is 14.3. The van der Waals surface area contributed by atoms with Gasteiger partial charge in [-0.15, -0.1) is 0 Å². The summed E-state index contributed by atoms with van der Waals surface area (Å²) in [6.45, 7) is 5.44. The molecule has 0 aliphatic carbocycles. The smallest absolute Gasteiger partial charge is 0.305 e. The van der Waals surface area contributed by atoms with E-state index in [1.165, 1.54) is 0 Å². The average Bonchev–Trinajstić information content (AvgIpc) is 2.57. The maximum Gasteiger partial charge on any atom is 0.305 e. The average molecular weight is 253 g/mol. The lowest BCUT2D eigenvalue weighted by Crippen LogP contribution is -2.36. The van der Waals surface area contributed by atoms with Crippen LogP contribution in [0, 0.1) is 13.8 Å². The number of carboxylic acid groups (broad SMARTS) is 1. The van der Waals surface area contributed by atoms with Gasteiger partial charge in [0.2, 0.25) is 0 Å². The zero-order valence-electron chi connectivity index (χ0n) is 10.9. The van der Waals surface area contributed by atoms with Crippen LogP contribution in [0.3, 0.4) is 0 Å². The molecular formula is C13H19NO4.